The minimum Gasteiger partial charge on any atom is -0.383 e. The number of nitrogen functional groups attached to an aromatic ring is 1. The number of carbonyl (C=O) groups excluding carboxylic acids is 1. The van der Waals surface area contributed by atoms with E-state index in [1.165, 1.54) is 0 Å². The van der Waals surface area contributed by atoms with Crippen molar-refractivity contribution in [1.82, 2.24) is 14.9 Å². The van der Waals surface area contributed by atoms with E-state index in [1.807, 2.05) is 29.2 Å². The molecule has 1 aliphatic heterocycles. The zero-order valence-corrected chi connectivity index (χ0v) is 13.1. The Morgan fingerprint density at radius 3 is 2.74 bits per heavy atom. The molecule has 1 aliphatic carbocycles. The summed E-state index contributed by atoms with van der Waals surface area (Å²) < 4.78 is 0. The second kappa shape index (κ2) is 5.68. The first-order valence-electron chi connectivity index (χ1n) is 8.28. The van der Waals surface area contributed by atoms with Crippen molar-refractivity contribution >= 4 is 28.6 Å². The lowest BCUT2D eigenvalue weighted by molar-refractivity contribution is -0.132. The van der Waals surface area contributed by atoms with E-state index >= 15 is 0 Å². The Balaban J connectivity index is 1.55. The van der Waals surface area contributed by atoms with Gasteiger partial charge in [0.2, 0.25) is 11.9 Å². The van der Waals surface area contributed by atoms with E-state index in [2.05, 4.69) is 14.9 Å². The third kappa shape index (κ3) is 2.81. The van der Waals surface area contributed by atoms with Gasteiger partial charge in [0.15, 0.2) is 0 Å². The highest BCUT2D eigenvalue weighted by atomic mass is 16.2. The molecule has 120 valence electrons. The van der Waals surface area contributed by atoms with E-state index in [0.717, 1.165) is 56.3 Å². The number of para-hydroxylation sites is 1. The zero-order valence-electron chi connectivity index (χ0n) is 13.1. The van der Waals surface area contributed by atoms with Gasteiger partial charge in [0.1, 0.15) is 5.82 Å². The highest BCUT2D eigenvalue weighted by Crippen LogP contribution is 2.31. The maximum Gasteiger partial charge on any atom is 0.227 e. The molecule has 1 aromatic heterocycles. The molecule has 6 heteroatoms. The summed E-state index contributed by atoms with van der Waals surface area (Å²) in [5.74, 6) is 1.79. The van der Waals surface area contributed by atoms with Gasteiger partial charge in [0.05, 0.1) is 5.52 Å². The van der Waals surface area contributed by atoms with Gasteiger partial charge < -0.3 is 15.5 Å². The predicted molar refractivity (Wildman–Crippen MR) is 90.1 cm³/mol. The van der Waals surface area contributed by atoms with Crippen molar-refractivity contribution in [3.8, 4) is 0 Å². The number of amides is 1. The van der Waals surface area contributed by atoms with E-state index in [1.54, 1.807) is 0 Å². The smallest absolute Gasteiger partial charge is 0.227 e. The molecule has 0 atom stereocenters. The highest BCUT2D eigenvalue weighted by Gasteiger charge is 2.34. The maximum absolute atomic E-state index is 12.2. The molecule has 2 fully saturated rings. The first-order chi connectivity index (χ1) is 11.2. The van der Waals surface area contributed by atoms with Gasteiger partial charge in [-0.15, -0.1) is 0 Å². The molecule has 6 nitrogen and oxygen atoms in total. The van der Waals surface area contributed by atoms with Crippen LogP contribution < -0.4 is 10.6 Å². The molecule has 4 rings (SSSR count). The SMILES string of the molecule is Nc1nc(N2CCCN(C(=O)C3CC3)CC2)nc2ccccc12. The van der Waals surface area contributed by atoms with Gasteiger partial charge in [-0.1, -0.05) is 12.1 Å². The number of rotatable bonds is 2. The number of nitrogens with zero attached hydrogens (tertiary/aromatic N) is 4. The number of aromatic nitrogens is 2. The first kappa shape index (κ1) is 14.2. The number of benzene rings is 1. The molecule has 1 aromatic carbocycles. The molecule has 0 radical (unpaired) electrons. The maximum atomic E-state index is 12.2. The van der Waals surface area contributed by atoms with E-state index in [-0.39, 0.29) is 5.92 Å². The molecular formula is C17H21N5O. The van der Waals surface area contributed by atoms with Crippen molar-refractivity contribution < 1.29 is 4.79 Å². The molecule has 0 unspecified atom stereocenters. The third-order valence-corrected chi connectivity index (χ3v) is 4.64. The van der Waals surface area contributed by atoms with Crippen molar-refractivity contribution in [3.05, 3.63) is 24.3 Å². The summed E-state index contributed by atoms with van der Waals surface area (Å²) in [7, 11) is 0. The van der Waals surface area contributed by atoms with Gasteiger partial charge >= 0.3 is 0 Å². The van der Waals surface area contributed by atoms with Crippen LogP contribution in [-0.4, -0.2) is 47.0 Å². The quantitative estimate of drug-likeness (QED) is 0.913. The van der Waals surface area contributed by atoms with E-state index in [0.29, 0.717) is 17.7 Å². The molecule has 2 aliphatic rings. The number of nitrogens with two attached hydrogens (primary N) is 1. The van der Waals surface area contributed by atoms with E-state index < -0.39 is 0 Å². The minimum absolute atomic E-state index is 0.286. The topological polar surface area (TPSA) is 75.3 Å². The fraction of sp³-hybridized carbons (Fsp3) is 0.471. The Bertz CT molecular complexity index is 743. The van der Waals surface area contributed by atoms with Crippen molar-refractivity contribution in [1.29, 1.82) is 0 Å². The number of hydrogen-bond donors (Lipinski definition) is 1. The predicted octanol–water partition coefficient (Wildman–Crippen LogP) is 1.66. The summed E-state index contributed by atoms with van der Waals surface area (Å²) in [5, 5.41) is 0.886. The molecule has 0 spiro atoms. The summed E-state index contributed by atoms with van der Waals surface area (Å²) in [6.45, 7) is 3.18. The van der Waals surface area contributed by atoms with Crippen molar-refractivity contribution in [2.75, 3.05) is 36.8 Å². The van der Waals surface area contributed by atoms with Crippen LogP contribution in [0.4, 0.5) is 11.8 Å². The highest BCUT2D eigenvalue weighted by molar-refractivity contribution is 5.88. The van der Waals surface area contributed by atoms with Gasteiger partial charge in [-0.05, 0) is 31.4 Å². The Hall–Kier alpha value is -2.37. The monoisotopic (exact) mass is 311 g/mol. The average Bonchev–Trinajstić information content (AvgIpc) is 3.41. The van der Waals surface area contributed by atoms with Gasteiger partial charge in [0.25, 0.3) is 0 Å². The number of fused-ring (bicyclic) bond motifs is 1. The molecule has 1 saturated heterocycles. The Morgan fingerprint density at radius 2 is 1.91 bits per heavy atom. The molecule has 2 aromatic rings. The second-order valence-corrected chi connectivity index (χ2v) is 6.37. The standard InChI is InChI=1S/C17H21N5O/c18-15-13-4-1-2-5-14(13)19-17(20-15)22-9-3-8-21(10-11-22)16(23)12-6-7-12/h1-2,4-5,12H,3,6-11H2,(H2,18,19,20). The van der Waals surface area contributed by atoms with E-state index in [4.69, 9.17) is 5.73 Å². The summed E-state index contributed by atoms with van der Waals surface area (Å²) in [6.07, 6.45) is 3.06. The lowest BCUT2D eigenvalue weighted by Crippen LogP contribution is -2.36. The fourth-order valence-electron chi connectivity index (χ4n) is 3.16. The summed E-state index contributed by atoms with van der Waals surface area (Å²) in [5.41, 5.74) is 6.95. The van der Waals surface area contributed by atoms with Crippen LogP contribution in [0.5, 0.6) is 0 Å². The van der Waals surface area contributed by atoms with Crippen molar-refractivity contribution in [2.24, 2.45) is 5.92 Å². The average molecular weight is 311 g/mol. The van der Waals surface area contributed by atoms with Crippen LogP contribution in [0.15, 0.2) is 24.3 Å². The van der Waals surface area contributed by atoms with Gasteiger partial charge in [-0.3, -0.25) is 4.79 Å². The largest absolute Gasteiger partial charge is 0.383 e. The third-order valence-electron chi connectivity index (χ3n) is 4.64. The van der Waals surface area contributed by atoms with Gasteiger partial charge in [0, 0.05) is 37.5 Å². The molecule has 1 amide bonds. The van der Waals surface area contributed by atoms with Gasteiger partial charge in [-0.2, -0.15) is 4.98 Å². The van der Waals surface area contributed by atoms with Crippen molar-refractivity contribution in [3.63, 3.8) is 0 Å². The fourth-order valence-corrected chi connectivity index (χ4v) is 3.16. The summed E-state index contributed by atoms with van der Waals surface area (Å²) in [4.78, 5) is 25.5. The summed E-state index contributed by atoms with van der Waals surface area (Å²) >= 11 is 0. The molecular weight excluding hydrogens is 290 g/mol. The van der Waals surface area contributed by atoms with Gasteiger partial charge in [-0.25, -0.2) is 4.98 Å². The number of hydrogen-bond acceptors (Lipinski definition) is 5. The Kier molecular flexibility index (Phi) is 3.52. The Labute approximate surface area is 135 Å². The minimum atomic E-state index is 0.286. The first-order valence-corrected chi connectivity index (χ1v) is 8.28. The molecule has 2 heterocycles. The second-order valence-electron chi connectivity index (χ2n) is 6.37. The lowest BCUT2D eigenvalue weighted by atomic mass is 10.2. The Morgan fingerprint density at radius 1 is 1.09 bits per heavy atom. The van der Waals surface area contributed by atoms with Crippen LogP contribution in [0.1, 0.15) is 19.3 Å². The normalized spacial score (nSPS) is 19.0. The molecule has 0 bridgehead atoms. The van der Waals surface area contributed by atoms with Crippen LogP contribution in [0.25, 0.3) is 10.9 Å². The number of carbonyl (C=O) groups is 1. The molecule has 1 saturated carbocycles. The van der Waals surface area contributed by atoms with Crippen LogP contribution in [0, 0.1) is 5.92 Å². The number of anilines is 2. The summed E-state index contributed by atoms with van der Waals surface area (Å²) in [6, 6.07) is 7.79. The zero-order chi connectivity index (χ0) is 15.8. The van der Waals surface area contributed by atoms with Crippen LogP contribution >= 0.6 is 0 Å². The van der Waals surface area contributed by atoms with Crippen LogP contribution in [0.3, 0.4) is 0 Å². The lowest BCUT2D eigenvalue weighted by Gasteiger charge is -2.22. The van der Waals surface area contributed by atoms with Crippen LogP contribution in [-0.2, 0) is 4.79 Å². The van der Waals surface area contributed by atoms with Crippen molar-refractivity contribution in [2.45, 2.75) is 19.3 Å². The van der Waals surface area contributed by atoms with E-state index in [9.17, 15) is 4.79 Å². The van der Waals surface area contributed by atoms with Crippen LogP contribution in [0.2, 0.25) is 0 Å². The molecule has 23 heavy (non-hydrogen) atoms. The molecule has 2 N–H and O–H groups in total.